The summed E-state index contributed by atoms with van der Waals surface area (Å²) in [7, 11) is 0. The lowest BCUT2D eigenvalue weighted by atomic mass is 10.2. The molecular weight excluding hydrogens is 168 g/mol. The van der Waals surface area contributed by atoms with Gasteiger partial charge in [-0.15, -0.1) is 0 Å². The Kier molecular flexibility index (Phi) is 4.49. The number of nitrogens with zero attached hydrogens (tertiary/aromatic N) is 2. The average Bonchev–Trinajstić information content (AvgIpc) is 2.35. The van der Waals surface area contributed by atoms with E-state index in [9.17, 15) is 0 Å². The third kappa shape index (κ3) is 2.69. The molecule has 1 rings (SSSR count). The van der Waals surface area contributed by atoms with Gasteiger partial charge in [0.2, 0.25) is 0 Å². The summed E-state index contributed by atoms with van der Waals surface area (Å²) in [5, 5.41) is 8.87. The highest BCUT2D eigenvalue weighted by atomic mass is 32.2. The first kappa shape index (κ1) is 9.88. The summed E-state index contributed by atoms with van der Waals surface area (Å²) in [6.07, 6.45) is 2.20. The zero-order valence-corrected chi connectivity index (χ0v) is 8.44. The first-order chi connectivity index (χ1) is 5.88. The molecule has 3 heteroatoms. The third-order valence-electron chi connectivity index (χ3n) is 2.23. The van der Waals surface area contributed by atoms with E-state index in [1.54, 1.807) is 0 Å². The van der Waals surface area contributed by atoms with Crippen molar-refractivity contribution in [2.45, 2.75) is 25.8 Å². The van der Waals surface area contributed by atoms with Gasteiger partial charge in [-0.25, -0.2) is 0 Å². The Morgan fingerprint density at radius 1 is 1.50 bits per heavy atom. The van der Waals surface area contributed by atoms with Gasteiger partial charge in [-0.05, 0) is 18.6 Å². The van der Waals surface area contributed by atoms with Crippen LogP contribution in [0, 0.1) is 11.3 Å². The van der Waals surface area contributed by atoms with Crippen LogP contribution in [0.15, 0.2) is 0 Å². The number of hydrogen-bond donors (Lipinski definition) is 0. The lowest BCUT2D eigenvalue weighted by Gasteiger charge is -2.23. The van der Waals surface area contributed by atoms with Crippen molar-refractivity contribution in [1.29, 1.82) is 5.26 Å². The fourth-order valence-corrected chi connectivity index (χ4v) is 2.41. The van der Waals surface area contributed by atoms with Gasteiger partial charge in [-0.2, -0.15) is 17.0 Å². The van der Waals surface area contributed by atoms with E-state index in [1.165, 1.54) is 17.9 Å². The molecule has 0 aromatic heterocycles. The molecule has 1 aliphatic heterocycles. The fourth-order valence-electron chi connectivity index (χ4n) is 1.51. The van der Waals surface area contributed by atoms with Crippen LogP contribution in [0.1, 0.15) is 19.8 Å². The lowest BCUT2D eigenvalue weighted by Crippen LogP contribution is -2.35. The van der Waals surface area contributed by atoms with Crippen LogP contribution in [0.2, 0.25) is 0 Å². The normalized spacial score (nSPS) is 22.7. The monoisotopic (exact) mass is 184 g/mol. The van der Waals surface area contributed by atoms with Gasteiger partial charge in [0.05, 0.1) is 12.1 Å². The third-order valence-corrected chi connectivity index (χ3v) is 3.28. The number of thioether (sulfide) groups is 1. The smallest absolute Gasteiger partial charge is 0.0975 e. The Labute approximate surface area is 78.9 Å². The van der Waals surface area contributed by atoms with E-state index in [0.29, 0.717) is 0 Å². The van der Waals surface area contributed by atoms with Crippen molar-refractivity contribution in [3.8, 4) is 6.07 Å². The Morgan fingerprint density at radius 2 is 2.33 bits per heavy atom. The number of nitriles is 1. The maximum atomic E-state index is 8.87. The van der Waals surface area contributed by atoms with Crippen LogP contribution >= 0.6 is 11.8 Å². The van der Waals surface area contributed by atoms with E-state index >= 15 is 0 Å². The van der Waals surface area contributed by atoms with Crippen molar-refractivity contribution in [3.05, 3.63) is 0 Å². The molecule has 1 heterocycles. The second-order valence-electron chi connectivity index (χ2n) is 3.06. The molecule has 68 valence electrons. The lowest BCUT2D eigenvalue weighted by molar-refractivity contribution is 0.247. The fraction of sp³-hybridized carbons (Fsp3) is 0.889. The van der Waals surface area contributed by atoms with Gasteiger partial charge in [-0.1, -0.05) is 6.92 Å². The topological polar surface area (TPSA) is 27.0 Å². The van der Waals surface area contributed by atoms with Gasteiger partial charge in [0.15, 0.2) is 0 Å². The van der Waals surface area contributed by atoms with Crippen LogP contribution in [0.4, 0.5) is 0 Å². The van der Waals surface area contributed by atoms with Crippen LogP contribution in [-0.2, 0) is 0 Å². The van der Waals surface area contributed by atoms with Crippen molar-refractivity contribution in [1.82, 2.24) is 4.90 Å². The number of hydrogen-bond acceptors (Lipinski definition) is 3. The predicted octanol–water partition coefficient (Wildman–Crippen LogP) is 1.73. The Morgan fingerprint density at radius 3 is 3.00 bits per heavy atom. The van der Waals surface area contributed by atoms with Crippen molar-refractivity contribution in [2.75, 3.05) is 24.6 Å². The molecule has 1 unspecified atom stereocenters. The van der Waals surface area contributed by atoms with E-state index in [-0.39, 0.29) is 6.04 Å². The molecule has 0 bridgehead atoms. The first-order valence-electron chi connectivity index (χ1n) is 4.60. The van der Waals surface area contributed by atoms with Crippen LogP contribution < -0.4 is 0 Å². The van der Waals surface area contributed by atoms with Crippen LogP contribution in [0.5, 0.6) is 0 Å². The molecule has 0 aliphatic carbocycles. The molecule has 0 amide bonds. The minimum absolute atomic E-state index is 0.156. The summed E-state index contributed by atoms with van der Waals surface area (Å²) in [6, 6.07) is 2.52. The Bertz CT molecular complexity index is 156. The molecule has 0 saturated carbocycles. The molecule has 1 saturated heterocycles. The van der Waals surface area contributed by atoms with Crippen LogP contribution in [-0.4, -0.2) is 35.5 Å². The molecule has 1 fully saturated rings. The summed E-state index contributed by atoms with van der Waals surface area (Å²) in [6.45, 7) is 4.29. The molecule has 0 N–H and O–H groups in total. The SMILES string of the molecule is CCC(C#N)N1CCCSCC1. The van der Waals surface area contributed by atoms with E-state index in [4.69, 9.17) is 5.26 Å². The van der Waals surface area contributed by atoms with Gasteiger partial charge >= 0.3 is 0 Å². The molecule has 1 aliphatic rings. The maximum absolute atomic E-state index is 8.87. The molecule has 2 nitrogen and oxygen atoms in total. The first-order valence-corrected chi connectivity index (χ1v) is 5.75. The highest BCUT2D eigenvalue weighted by molar-refractivity contribution is 7.99. The van der Waals surface area contributed by atoms with E-state index in [0.717, 1.165) is 19.5 Å². The summed E-state index contributed by atoms with van der Waals surface area (Å²) in [4.78, 5) is 2.32. The summed E-state index contributed by atoms with van der Waals surface area (Å²) < 4.78 is 0. The van der Waals surface area contributed by atoms with Crippen LogP contribution in [0.25, 0.3) is 0 Å². The predicted molar refractivity (Wildman–Crippen MR) is 53.2 cm³/mol. The van der Waals surface area contributed by atoms with Crippen molar-refractivity contribution in [3.63, 3.8) is 0 Å². The largest absolute Gasteiger partial charge is 0.287 e. The minimum Gasteiger partial charge on any atom is -0.287 e. The van der Waals surface area contributed by atoms with Gasteiger partial charge in [-0.3, -0.25) is 4.90 Å². The molecule has 0 radical (unpaired) electrons. The van der Waals surface area contributed by atoms with E-state index in [1.807, 2.05) is 11.8 Å². The standard InChI is InChI=1S/C9H16N2S/c1-2-9(8-10)11-4-3-6-12-7-5-11/h9H,2-7H2,1H3. The maximum Gasteiger partial charge on any atom is 0.0975 e. The Balaban J connectivity index is 2.42. The van der Waals surface area contributed by atoms with Gasteiger partial charge in [0.1, 0.15) is 0 Å². The minimum atomic E-state index is 0.156. The number of rotatable bonds is 2. The molecule has 0 aromatic carbocycles. The second-order valence-corrected chi connectivity index (χ2v) is 4.28. The zero-order chi connectivity index (χ0) is 8.81. The second kappa shape index (κ2) is 5.45. The van der Waals surface area contributed by atoms with Crippen molar-refractivity contribution >= 4 is 11.8 Å². The van der Waals surface area contributed by atoms with Crippen molar-refractivity contribution < 1.29 is 0 Å². The van der Waals surface area contributed by atoms with Crippen LogP contribution in [0.3, 0.4) is 0 Å². The summed E-state index contributed by atoms with van der Waals surface area (Å²) in [5.41, 5.74) is 0. The highest BCUT2D eigenvalue weighted by Gasteiger charge is 2.16. The highest BCUT2D eigenvalue weighted by Crippen LogP contribution is 2.13. The molecule has 12 heavy (non-hydrogen) atoms. The Hall–Kier alpha value is -0.200. The van der Waals surface area contributed by atoms with Gasteiger partial charge < -0.3 is 0 Å². The molecule has 0 spiro atoms. The quantitative estimate of drug-likeness (QED) is 0.654. The van der Waals surface area contributed by atoms with Crippen molar-refractivity contribution in [2.24, 2.45) is 0 Å². The van der Waals surface area contributed by atoms with Gasteiger partial charge in [0.25, 0.3) is 0 Å². The molecule has 0 aromatic rings. The average molecular weight is 184 g/mol. The van der Waals surface area contributed by atoms with Gasteiger partial charge in [0, 0.05) is 18.8 Å². The zero-order valence-electron chi connectivity index (χ0n) is 7.62. The van der Waals surface area contributed by atoms with E-state index < -0.39 is 0 Å². The molecule has 1 atom stereocenters. The summed E-state index contributed by atoms with van der Waals surface area (Å²) >= 11 is 2.01. The van der Waals surface area contributed by atoms with E-state index in [2.05, 4.69) is 17.9 Å². The molecular formula is C9H16N2S. The summed E-state index contributed by atoms with van der Waals surface area (Å²) in [5.74, 6) is 2.45.